The maximum Gasteiger partial charge on any atom is 0.236 e. The summed E-state index contributed by atoms with van der Waals surface area (Å²) in [6, 6.07) is 5.60. The highest BCUT2D eigenvalue weighted by atomic mass is 32.2. The zero-order valence-electron chi connectivity index (χ0n) is 9.01. The molecule has 0 unspecified atom stereocenters. The van der Waals surface area contributed by atoms with Crippen molar-refractivity contribution in [2.24, 2.45) is 0 Å². The Hall–Kier alpha value is -1.33. The van der Waals surface area contributed by atoms with Crippen molar-refractivity contribution in [2.75, 3.05) is 7.11 Å². The Labute approximate surface area is 95.2 Å². The van der Waals surface area contributed by atoms with Crippen LogP contribution in [0.1, 0.15) is 11.1 Å². The molecule has 86 valence electrons. The highest BCUT2D eigenvalue weighted by molar-refractivity contribution is 7.91. The Balaban J connectivity index is 2.31. The number of fused-ring (bicyclic) bond motifs is 1. The fourth-order valence-electron chi connectivity index (χ4n) is 1.75. The number of hydrogen-bond acceptors (Lipinski definition) is 3. The summed E-state index contributed by atoms with van der Waals surface area (Å²) in [6.45, 7) is 4.12. The number of sulfonamides is 1. The van der Waals surface area contributed by atoms with E-state index in [1.807, 2.05) is 18.2 Å². The van der Waals surface area contributed by atoms with Crippen LogP contribution < -0.4 is 4.74 Å². The van der Waals surface area contributed by atoms with E-state index in [4.69, 9.17) is 4.74 Å². The predicted molar refractivity (Wildman–Crippen MR) is 61.4 cm³/mol. The molecule has 0 spiro atoms. The first-order chi connectivity index (χ1) is 7.56. The van der Waals surface area contributed by atoms with Gasteiger partial charge in [0.25, 0.3) is 0 Å². The van der Waals surface area contributed by atoms with Crippen molar-refractivity contribution in [1.29, 1.82) is 0 Å². The highest BCUT2D eigenvalue weighted by Gasteiger charge is 2.27. The summed E-state index contributed by atoms with van der Waals surface area (Å²) >= 11 is 0. The molecule has 1 aromatic rings. The monoisotopic (exact) mass is 239 g/mol. The van der Waals surface area contributed by atoms with Crippen molar-refractivity contribution in [2.45, 2.75) is 13.1 Å². The molecule has 4 nitrogen and oxygen atoms in total. The molecular formula is C11H13NO3S. The summed E-state index contributed by atoms with van der Waals surface area (Å²) in [5, 5.41) is 0.982. The standard InChI is InChI=1S/C11H13NO3S/c1-3-16(13,14)12-7-9-4-5-11(15-2)6-10(9)8-12/h3-6H,1,7-8H2,2H3. The highest BCUT2D eigenvalue weighted by Crippen LogP contribution is 2.28. The topological polar surface area (TPSA) is 46.6 Å². The average Bonchev–Trinajstić information content (AvgIpc) is 2.72. The average molecular weight is 239 g/mol. The summed E-state index contributed by atoms with van der Waals surface area (Å²) in [6.07, 6.45) is 0. The van der Waals surface area contributed by atoms with E-state index in [0.29, 0.717) is 13.1 Å². The smallest absolute Gasteiger partial charge is 0.236 e. The Morgan fingerprint density at radius 3 is 2.69 bits per heavy atom. The van der Waals surface area contributed by atoms with Gasteiger partial charge in [-0.3, -0.25) is 0 Å². The minimum atomic E-state index is -3.33. The lowest BCUT2D eigenvalue weighted by Crippen LogP contribution is -2.22. The zero-order chi connectivity index (χ0) is 11.8. The van der Waals surface area contributed by atoms with E-state index >= 15 is 0 Å². The van der Waals surface area contributed by atoms with Crippen LogP contribution in [0.25, 0.3) is 0 Å². The molecule has 0 saturated heterocycles. The summed E-state index contributed by atoms with van der Waals surface area (Å²) < 4.78 is 29.7. The molecule has 0 aromatic heterocycles. The Bertz CT molecular complexity index is 522. The van der Waals surface area contributed by atoms with Crippen LogP contribution in [0.2, 0.25) is 0 Å². The lowest BCUT2D eigenvalue weighted by molar-refractivity contribution is 0.413. The molecule has 1 aliphatic rings. The molecule has 5 heteroatoms. The molecule has 16 heavy (non-hydrogen) atoms. The van der Waals surface area contributed by atoms with E-state index in [2.05, 4.69) is 6.58 Å². The van der Waals surface area contributed by atoms with Gasteiger partial charge in [0.1, 0.15) is 5.75 Å². The van der Waals surface area contributed by atoms with Crippen molar-refractivity contribution in [3.63, 3.8) is 0 Å². The van der Waals surface area contributed by atoms with Crippen LogP contribution in [0.15, 0.2) is 30.2 Å². The predicted octanol–water partition coefficient (Wildman–Crippen LogP) is 1.48. The molecule has 1 aromatic carbocycles. The van der Waals surface area contributed by atoms with E-state index in [0.717, 1.165) is 22.3 Å². The Morgan fingerprint density at radius 2 is 2.06 bits per heavy atom. The van der Waals surface area contributed by atoms with Gasteiger partial charge in [-0.15, -0.1) is 0 Å². The normalized spacial score (nSPS) is 15.8. The van der Waals surface area contributed by atoms with Crippen LogP contribution in [0.4, 0.5) is 0 Å². The molecule has 1 aliphatic heterocycles. The van der Waals surface area contributed by atoms with E-state index in [1.54, 1.807) is 7.11 Å². The summed E-state index contributed by atoms with van der Waals surface area (Å²) in [4.78, 5) is 0. The summed E-state index contributed by atoms with van der Waals surface area (Å²) in [5.74, 6) is 0.747. The van der Waals surface area contributed by atoms with Crippen LogP contribution >= 0.6 is 0 Å². The first-order valence-corrected chi connectivity index (χ1v) is 6.35. The Kier molecular flexibility index (Phi) is 2.73. The molecule has 0 saturated carbocycles. The first kappa shape index (κ1) is 11.2. The van der Waals surface area contributed by atoms with Gasteiger partial charge in [0.05, 0.1) is 7.11 Å². The quantitative estimate of drug-likeness (QED) is 0.802. The van der Waals surface area contributed by atoms with Crippen molar-refractivity contribution >= 4 is 10.0 Å². The van der Waals surface area contributed by atoms with Gasteiger partial charge in [-0.05, 0) is 23.3 Å². The van der Waals surface area contributed by atoms with Crippen LogP contribution in [-0.2, 0) is 23.1 Å². The van der Waals surface area contributed by atoms with Crippen LogP contribution in [0.5, 0.6) is 5.75 Å². The minimum Gasteiger partial charge on any atom is -0.497 e. The minimum absolute atomic E-state index is 0.390. The lowest BCUT2D eigenvalue weighted by atomic mass is 10.1. The first-order valence-electron chi connectivity index (χ1n) is 4.85. The number of hydrogen-bond donors (Lipinski definition) is 0. The second-order valence-electron chi connectivity index (χ2n) is 3.61. The van der Waals surface area contributed by atoms with Gasteiger partial charge in [-0.1, -0.05) is 12.6 Å². The van der Waals surface area contributed by atoms with E-state index in [1.165, 1.54) is 4.31 Å². The molecule has 0 bridgehead atoms. The second kappa shape index (κ2) is 3.92. The van der Waals surface area contributed by atoms with E-state index in [9.17, 15) is 8.42 Å². The van der Waals surface area contributed by atoms with Crippen molar-refractivity contribution in [3.05, 3.63) is 41.3 Å². The molecule has 0 aliphatic carbocycles. The third-order valence-electron chi connectivity index (χ3n) is 2.68. The molecular weight excluding hydrogens is 226 g/mol. The molecule has 2 rings (SSSR count). The third-order valence-corrected chi connectivity index (χ3v) is 4.08. The fraction of sp³-hybridized carbons (Fsp3) is 0.273. The summed E-state index contributed by atoms with van der Waals surface area (Å²) in [7, 11) is -1.74. The SMILES string of the molecule is C=CS(=O)(=O)N1Cc2ccc(OC)cc2C1. The lowest BCUT2D eigenvalue weighted by Gasteiger charge is -2.11. The van der Waals surface area contributed by atoms with Crippen LogP contribution in [0.3, 0.4) is 0 Å². The van der Waals surface area contributed by atoms with Gasteiger partial charge in [0.2, 0.25) is 10.0 Å². The van der Waals surface area contributed by atoms with E-state index in [-0.39, 0.29) is 0 Å². The van der Waals surface area contributed by atoms with E-state index < -0.39 is 10.0 Å². The Morgan fingerprint density at radius 1 is 1.38 bits per heavy atom. The van der Waals surface area contributed by atoms with Crippen LogP contribution in [-0.4, -0.2) is 19.8 Å². The van der Waals surface area contributed by atoms with Crippen molar-refractivity contribution < 1.29 is 13.2 Å². The molecule has 1 heterocycles. The third kappa shape index (κ3) is 1.83. The van der Waals surface area contributed by atoms with Gasteiger partial charge in [0, 0.05) is 18.5 Å². The maximum atomic E-state index is 11.6. The van der Waals surface area contributed by atoms with Crippen molar-refractivity contribution in [1.82, 2.24) is 4.31 Å². The summed E-state index contributed by atoms with van der Waals surface area (Å²) in [5.41, 5.74) is 2.01. The number of benzene rings is 1. The van der Waals surface area contributed by atoms with Gasteiger partial charge in [-0.25, -0.2) is 8.42 Å². The second-order valence-corrected chi connectivity index (χ2v) is 5.49. The number of nitrogens with zero attached hydrogens (tertiary/aromatic N) is 1. The number of rotatable bonds is 3. The van der Waals surface area contributed by atoms with Gasteiger partial charge in [-0.2, -0.15) is 4.31 Å². The maximum absolute atomic E-state index is 11.6. The fourth-order valence-corrected chi connectivity index (χ4v) is 2.60. The molecule has 0 atom stereocenters. The number of ether oxygens (including phenoxy) is 1. The van der Waals surface area contributed by atoms with Gasteiger partial charge >= 0.3 is 0 Å². The molecule has 0 N–H and O–H groups in total. The van der Waals surface area contributed by atoms with Gasteiger partial charge in [0.15, 0.2) is 0 Å². The number of methoxy groups -OCH3 is 1. The zero-order valence-corrected chi connectivity index (χ0v) is 9.83. The molecule has 0 fully saturated rings. The van der Waals surface area contributed by atoms with Crippen molar-refractivity contribution in [3.8, 4) is 5.75 Å². The van der Waals surface area contributed by atoms with Crippen LogP contribution in [0, 0.1) is 0 Å². The largest absolute Gasteiger partial charge is 0.497 e. The van der Waals surface area contributed by atoms with Gasteiger partial charge < -0.3 is 4.74 Å². The molecule has 0 amide bonds. The molecule has 0 radical (unpaired) electrons.